The highest BCUT2D eigenvalue weighted by atomic mass is 19.2. The van der Waals surface area contributed by atoms with Gasteiger partial charge < -0.3 is 0 Å². The maximum absolute atomic E-state index is 12.1. The molecule has 0 rings (SSSR count). The zero-order chi connectivity index (χ0) is 10.1. The Balaban J connectivity index is 0. The van der Waals surface area contributed by atoms with Gasteiger partial charge >= 0.3 is 0 Å². The minimum absolute atomic E-state index is 0.464. The van der Waals surface area contributed by atoms with Gasteiger partial charge in [-0.05, 0) is 13.0 Å². The van der Waals surface area contributed by atoms with Gasteiger partial charge in [0, 0.05) is 0 Å². The fraction of sp³-hybridized carbons (Fsp3) is 0.400. The number of allylic oxidation sites excluding steroid dienone is 4. The van der Waals surface area contributed by atoms with Crippen molar-refractivity contribution in [3.63, 3.8) is 0 Å². The molecule has 0 heterocycles. The van der Waals surface area contributed by atoms with Crippen LogP contribution in [-0.2, 0) is 0 Å². The SMILES string of the molecule is C=C(C)/C=C(/F)C(=C)F.CCC. The van der Waals surface area contributed by atoms with Crippen molar-refractivity contribution in [3.05, 3.63) is 36.5 Å². The molecule has 12 heavy (non-hydrogen) atoms. The Hall–Kier alpha value is -0.920. The van der Waals surface area contributed by atoms with E-state index in [1.165, 1.54) is 6.42 Å². The molecule has 0 aliphatic heterocycles. The molecule has 0 aliphatic rings. The zero-order valence-electron chi connectivity index (χ0n) is 7.95. The summed E-state index contributed by atoms with van der Waals surface area (Å²) in [6.07, 6.45) is 2.24. The van der Waals surface area contributed by atoms with Crippen LogP contribution in [0.5, 0.6) is 0 Å². The fourth-order valence-corrected chi connectivity index (χ4v) is 0.295. The van der Waals surface area contributed by atoms with Gasteiger partial charge in [0.05, 0.1) is 0 Å². The van der Waals surface area contributed by atoms with Crippen LogP contribution in [0.2, 0.25) is 0 Å². The molecule has 0 N–H and O–H groups in total. The molecule has 0 fully saturated rings. The van der Waals surface area contributed by atoms with Crippen molar-refractivity contribution in [2.24, 2.45) is 0 Å². The molecule has 0 amide bonds. The molecule has 0 spiro atoms. The predicted molar refractivity (Wildman–Crippen MR) is 50.2 cm³/mol. The van der Waals surface area contributed by atoms with Crippen molar-refractivity contribution in [2.45, 2.75) is 27.2 Å². The summed E-state index contributed by atoms with van der Waals surface area (Å²) in [6, 6.07) is 0. The van der Waals surface area contributed by atoms with Crippen molar-refractivity contribution < 1.29 is 8.78 Å². The van der Waals surface area contributed by atoms with Crippen LogP contribution in [0.3, 0.4) is 0 Å². The summed E-state index contributed by atoms with van der Waals surface area (Å²) >= 11 is 0. The predicted octanol–water partition coefficient (Wildman–Crippen LogP) is 4.32. The van der Waals surface area contributed by atoms with Gasteiger partial charge in [-0.2, -0.15) is 0 Å². The van der Waals surface area contributed by atoms with Crippen LogP contribution in [0.1, 0.15) is 27.2 Å². The molecule has 70 valence electrons. The summed E-state index contributed by atoms with van der Waals surface area (Å²) in [7, 11) is 0. The first-order valence-electron chi connectivity index (χ1n) is 3.83. The third kappa shape index (κ3) is 11.8. The van der Waals surface area contributed by atoms with Gasteiger partial charge in [-0.3, -0.25) is 0 Å². The Kier molecular flexibility index (Phi) is 9.31. The molecule has 0 aromatic carbocycles. The lowest BCUT2D eigenvalue weighted by molar-refractivity contribution is 0.547. The lowest BCUT2D eigenvalue weighted by Crippen LogP contribution is -1.72. The van der Waals surface area contributed by atoms with E-state index < -0.39 is 11.7 Å². The fourth-order valence-electron chi connectivity index (χ4n) is 0.295. The van der Waals surface area contributed by atoms with E-state index in [0.29, 0.717) is 5.57 Å². The average Bonchev–Trinajstić information content (AvgIpc) is 1.87. The van der Waals surface area contributed by atoms with Gasteiger partial charge in [0.1, 0.15) is 0 Å². The van der Waals surface area contributed by atoms with Gasteiger partial charge in [0.25, 0.3) is 0 Å². The molecular formula is C10H16F2. The Morgan fingerprint density at radius 2 is 1.58 bits per heavy atom. The Morgan fingerprint density at radius 1 is 1.25 bits per heavy atom. The van der Waals surface area contributed by atoms with Crippen LogP contribution in [0.25, 0.3) is 0 Å². The van der Waals surface area contributed by atoms with Crippen LogP contribution in [-0.4, -0.2) is 0 Å². The molecule has 0 unspecified atom stereocenters. The molecule has 0 atom stereocenters. The van der Waals surface area contributed by atoms with E-state index in [0.717, 1.165) is 6.08 Å². The van der Waals surface area contributed by atoms with Crippen molar-refractivity contribution in [1.82, 2.24) is 0 Å². The van der Waals surface area contributed by atoms with E-state index in [1.807, 2.05) is 0 Å². The van der Waals surface area contributed by atoms with E-state index in [4.69, 9.17) is 0 Å². The largest absolute Gasteiger partial charge is 0.204 e. The van der Waals surface area contributed by atoms with E-state index >= 15 is 0 Å². The van der Waals surface area contributed by atoms with Crippen molar-refractivity contribution in [2.75, 3.05) is 0 Å². The van der Waals surface area contributed by atoms with Gasteiger partial charge in [-0.1, -0.05) is 39.0 Å². The van der Waals surface area contributed by atoms with E-state index in [9.17, 15) is 8.78 Å². The number of hydrogen-bond donors (Lipinski definition) is 0. The third-order valence-electron chi connectivity index (χ3n) is 0.632. The minimum Gasteiger partial charge on any atom is -0.204 e. The third-order valence-corrected chi connectivity index (χ3v) is 0.632. The number of rotatable bonds is 2. The minimum atomic E-state index is -1.06. The molecule has 0 radical (unpaired) electrons. The molecule has 2 heteroatoms. The summed E-state index contributed by atoms with van der Waals surface area (Å²) in [5.41, 5.74) is 0.464. The van der Waals surface area contributed by atoms with E-state index in [-0.39, 0.29) is 0 Å². The van der Waals surface area contributed by atoms with Crippen molar-refractivity contribution in [3.8, 4) is 0 Å². The van der Waals surface area contributed by atoms with Crippen LogP contribution in [0, 0.1) is 0 Å². The molecule has 0 aromatic heterocycles. The smallest absolute Gasteiger partial charge is 0.158 e. The number of halogens is 2. The molecule has 0 aliphatic carbocycles. The Morgan fingerprint density at radius 3 is 1.67 bits per heavy atom. The summed E-state index contributed by atoms with van der Waals surface area (Å²) in [6.45, 7) is 11.9. The molecule has 0 saturated heterocycles. The highest BCUT2D eigenvalue weighted by Gasteiger charge is 1.96. The topological polar surface area (TPSA) is 0 Å². The van der Waals surface area contributed by atoms with Gasteiger partial charge in [-0.15, -0.1) is 0 Å². The van der Waals surface area contributed by atoms with Gasteiger partial charge in [0.15, 0.2) is 11.7 Å². The average molecular weight is 174 g/mol. The maximum atomic E-state index is 12.1. The summed E-state index contributed by atoms with van der Waals surface area (Å²) in [5, 5.41) is 0. The molecule has 0 nitrogen and oxygen atoms in total. The molecule has 0 bridgehead atoms. The van der Waals surface area contributed by atoms with Crippen LogP contribution >= 0.6 is 0 Å². The Labute approximate surface area is 73.3 Å². The maximum Gasteiger partial charge on any atom is 0.158 e. The first kappa shape index (κ1) is 13.7. The first-order valence-corrected chi connectivity index (χ1v) is 3.83. The van der Waals surface area contributed by atoms with Crippen LogP contribution < -0.4 is 0 Å². The second-order valence-corrected chi connectivity index (χ2v) is 2.45. The highest BCUT2D eigenvalue weighted by Crippen LogP contribution is 2.11. The van der Waals surface area contributed by atoms with E-state index in [1.54, 1.807) is 6.92 Å². The lowest BCUT2D eigenvalue weighted by Gasteiger charge is -1.88. The molecule has 0 aromatic rings. The second-order valence-electron chi connectivity index (χ2n) is 2.45. The van der Waals surface area contributed by atoms with E-state index in [2.05, 4.69) is 27.0 Å². The quantitative estimate of drug-likeness (QED) is 0.547. The van der Waals surface area contributed by atoms with Crippen molar-refractivity contribution >= 4 is 0 Å². The molecular weight excluding hydrogens is 158 g/mol. The normalized spacial score (nSPS) is 9.92. The standard InChI is InChI=1S/C7H8F2.C3H8/c1-5(2)4-7(9)6(3)8;1-3-2/h4H,1,3H2,2H3;3H2,1-2H3/b7-4+;. The first-order chi connectivity index (χ1) is 5.45. The van der Waals surface area contributed by atoms with Crippen molar-refractivity contribution in [1.29, 1.82) is 0 Å². The summed E-state index contributed by atoms with van der Waals surface area (Å²) < 4.78 is 23.9. The van der Waals surface area contributed by atoms with Crippen LogP contribution in [0.4, 0.5) is 8.78 Å². The summed E-state index contributed by atoms with van der Waals surface area (Å²) in [5.74, 6) is -2.01. The zero-order valence-corrected chi connectivity index (χ0v) is 7.95. The van der Waals surface area contributed by atoms with Gasteiger partial charge in [-0.25, -0.2) is 8.78 Å². The van der Waals surface area contributed by atoms with Crippen LogP contribution in [0.15, 0.2) is 36.5 Å². The number of hydrogen-bond acceptors (Lipinski definition) is 0. The highest BCUT2D eigenvalue weighted by molar-refractivity contribution is 5.24. The molecule has 0 saturated carbocycles. The second kappa shape index (κ2) is 8.18. The van der Waals surface area contributed by atoms with Gasteiger partial charge in [0.2, 0.25) is 0 Å². The summed E-state index contributed by atoms with van der Waals surface area (Å²) in [4.78, 5) is 0. The monoisotopic (exact) mass is 174 g/mol. The Bertz CT molecular complexity index is 178. The lowest BCUT2D eigenvalue weighted by atomic mass is 10.3.